The van der Waals surface area contributed by atoms with Crippen molar-refractivity contribution >= 4 is 27.5 Å². The molecular formula is C14H10BrClF2. The fraction of sp³-hybridized carbons (Fsp3) is 0.143. The molecule has 0 spiro atoms. The van der Waals surface area contributed by atoms with Crippen molar-refractivity contribution < 1.29 is 8.78 Å². The highest BCUT2D eigenvalue weighted by atomic mass is 79.9. The lowest BCUT2D eigenvalue weighted by molar-refractivity contribution is 0.571. The minimum absolute atomic E-state index is 0.0591. The molecule has 4 heteroatoms. The van der Waals surface area contributed by atoms with Crippen LogP contribution in [0.4, 0.5) is 8.78 Å². The van der Waals surface area contributed by atoms with Gasteiger partial charge in [0.25, 0.3) is 0 Å². The fourth-order valence-corrected chi connectivity index (χ4v) is 2.53. The lowest BCUT2D eigenvalue weighted by Gasteiger charge is -2.11. The molecule has 2 aromatic carbocycles. The van der Waals surface area contributed by atoms with Gasteiger partial charge in [0.05, 0.1) is 0 Å². The van der Waals surface area contributed by atoms with Gasteiger partial charge in [-0.25, -0.2) is 8.78 Å². The van der Waals surface area contributed by atoms with Gasteiger partial charge in [-0.05, 0) is 35.7 Å². The summed E-state index contributed by atoms with van der Waals surface area (Å²) in [5, 5.41) is 0.636. The number of alkyl halides is 1. The molecule has 0 radical (unpaired) electrons. The highest BCUT2D eigenvalue weighted by Crippen LogP contribution is 2.29. The minimum atomic E-state index is -0.565. The monoisotopic (exact) mass is 330 g/mol. The smallest absolute Gasteiger partial charge is 0.129 e. The van der Waals surface area contributed by atoms with E-state index in [0.717, 1.165) is 11.6 Å². The summed E-state index contributed by atoms with van der Waals surface area (Å²) >= 11 is 9.39. The molecule has 0 saturated heterocycles. The van der Waals surface area contributed by atoms with Crippen molar-refractivity contribution in [3.63, 3.8) is 0 Å². The summed E-state index contributed by atoms with van der Waals surface area (Å²) in [5.74, 6) is -1.09. The van der Waals surface area contributed by atoms with Crippen molar-refractivity contribution in [2.75, 3.05) is 0 Å². The maximum atomic E-state index is 13.5. The quantitative estimate of drug-likeness (QED) is 0.670. The highest BCUT2D eigenvalue weighted by Gasteiger charge is 2.12. The second-order valence-corrected chi connectivity index (χ2v) is 5.50. The fourth-order valence-electron chi connectivity index (χ4n) is 1.70. The third-order valence-corrected chi connectivity index (χ3v) is 3.71. The van der Waals surface area contributed by atoms with Crippen LogP contribution in [0.25, 0.3) is 0 Å². The van der Waals surface area contributed by atoms with Crippen molar-refractivity contribution in [2.45, 2.75) is 11.2 Å². The molecule has 0 aromatic heterocycles. The van der Waals surface area contributed by atoms with E-state index in [-0.39, 0.29) is 4.83 Å². The molecule has 0 aliphatic carbocycles. The minimum Gasteiger partial charge on any atom is -0.207 e. The summed E-state index contributed by atoms with van der Waals surface area (Å²) in [6, 6.07) is 11.0. The normalized spacial score (nSPS) is 12.4. The zero-order chi connectivity index (χ0) is 13.1. The summed E-state index contributed by atoms with van der Waals surface area (Å²) in [7, 11) is 0. The molecule has 0 amide bonds. The Labute approximate surface area is 118 Å². The Morgan fingerprint density at radius 2 is 1.89 bits per heavy atom. The van der Waals surface area contributed by atoms with Crippen LogP contribution in [0.1, 0.15) is 16.0 Å². The molecule has 0 bridgehead atoms. The molecular weight excluding hydrogens is 322 g/mol. The van der Waals surface area contributed by atoms with Crippen LogP contribution in [-0.4, -0.2) is 0 Å². The molecule has 0 N–H and O–H groups in total. The second kappa shape index (κ2) is 5.81. The van der Waals surface area contributed by atoms with Crippen LogP contribution >= 0.6 is 27.5 Å². The molecule has 1 atom stereocenters. The van der Waals surface area contributed by atoms with Crippen molar-refractivity contribution in [1.82, 2.24) is 0 Å². The van der Waals surface area contributed by atoms with Crippen LogP contribution in [0.15, 0.2) is 42.5 Å². The largest absolute Gasteiger partial charge is 0.207 e. The van der Waals surface area contributed by atoms with Gasteiger partial charge in [-0.3, -0.25) is 0 Å². The van der Waals surface area contributed by atoms with E-state index in [1.165, 1.54) is 12.1 Å². The third kappa shape index (κ3) is 3.30. The summed E-state index contributed by atoms with van der Waals surface area (Å²) in [4.78, 5) is -0.0591. The van der Waals surface area contributed by atoms with E-state index in [9.17, 15) is 8.78 Å². The number of hydrogen-bond acceptors (Lipinski definition) is 0. The lowest BCUT2D eigenvalue weighted by atomic mass is 10.0. The first-order chi connectivity index (χ1) is 8.56. The standard InChI is InChI=1S/C14H10BrClF2/c15-13(9-2-1-3-11(16)6-9)7-10-4-5-12(17)8-14(10)18/h1-6,8,13H,7H2. The van der Waals surface area contributed by atoms with E-state index < -0.39 is 11.6 Å². The van der Waals surface area contributed by atoms with E-state index in [4.69, 9.17) is 11.6 Å². The summed E-state index contributed by atoms with van der Waals surface area (Å²) in [5.41, 5.74) is 1.43. The maximum absolute atomic E-state index is 13.5. The third-order valence-electron chi connectivity index (χ3n) is 2.62. The molecule has 1 unspecified atom stereocenters. The van der Waals surface area contributed by atoms with Crippen LogP contribution < -0.4 is 0 Å². The van der Waals surface area contributed by atoms with Crippen molar-refractivity contribution in [3.05, 3.63) is 70.2 Å². The van der Waals surface area contributed by atoms with E-state index >= 15 is 0 Å². The summed E-state index contributed by atoms with van der Waals surface area (Å²) in [6.45, 7) is 0. The topological polar surface area (TPSA) is 0 Å². The predicted molar refractivity (Wildman–Crippen MR) is 73.2 cm³/mol. The average Bonchev–Trinajstić information content (AvgIpc) is 2.32. The Balaban J connectivity index is 2.18. The molecule has 0 heterocycles. The second-order valence-electron chi connectivity index (χ2n) is 3.96. The Hall–Kier alpha value is -0.930. The first kappa shape index (κ1) is 13.5. The van der Waals surface area contributed by atoms with Gasteiger partial charge in [0.1, 0.15) is 11.6 Å². The summed E-state index contributed by atoms with van der Waals surface area (Å²) < 4.78 is 26.3. The van der Waals surface area contributed by atoms with Gasteiger partial charge in [0.15, 0.2) is 0 Å². The van der Waals surface area contributed by atoms with Gasteiger partial charge in [-0.2, -0.15) is 0 Å². The predicted octanol–water partition coefficient (Wildman–Crippen LogP) is 5.30. The van der Waals surface area contributed by atoms with E-state index in [0.29, 0.717) is 17.0 Å². The summed E-state index contributed by atoms with van der Waals surface area (Å²) in [6.07, 6.45) is 0.437. The molecule has 2 rings (SSSR count). The Kier molecular flexibility index (Phi) is 4.36. The number of hydrogen-bond donors (Lipinski definition) is 0. The molecule has 0 fully saturated rings. The Bertz CT molecular complexity index is 557. The number of benzene rings is 2. The Morgan fingerprint density at radius 1 is 1.11 bits per heavy atom. The van der Waals surface area contributed by atoms with Gasteiger partial charge in [-0.15, -0.1) is 0 Å². The van der Waals surface area contributed by atoms with Crippen molar-refractivity contribution in [1.29, 1.82) is 0 Å². The van der Waals surface area contributed by atoms with Crippen LogP contribution in [0.3, 0.4) is 0 Å². The number of halogens is 4. The maximum Gasteiger partial charge on any atom is 0.129 e. The van der Waals surface area contributed by atoms with Crippen molar-refractivity contribution in [3.8, 4) is 0 Å². The van der Waals surface area contributed by atoms with Gasteiger partial charge < -0.3 is 0 Å². The van der Waals surface area contributed by atoms with E-state index in [1.54, 1.807) is 6.07 Å². The molecule has 94 valence electrons. The van der Waals surface area contributed by atoms with Gasteiger partial charge in [0.2, 0.25) is 0 Å². The van der Waals surface area contributed by atoms with Gasteiger partial charge in [-0.1, -0.05) is 45.7 Å². The van der Waals surface area contributed by atoms with E-state index in [1.807, 2.05) is 18.2 Å². The molecule has 2 aromatic rings. The first-order valence-corrected chi connectivity index (χ1v) is 6.69. The SMILES string of the molecule is Fc1ccc(CC(Br)c2cccc(Cl)c2)c(F)c1. The van der Waals surface area contributed by atoms with Crippen LogP contribution in [0.5, 0.6) is 0 Å². The lowest BCUT2D eigenvalue weighted by Crippen LogP contribution is -1.98. The molecule has 0 nitrogen and oxygen atoms in total. The average molecular weight is 332 g/mol. The molecule has 18 heavy (non-hydrogen) atoms. The zero-order valence-electron chi connectivity index (χ0n) is 9.34. The van der Waals surface area contributed by atoms with Gasteiger partial charge >= 0.3 is 0 Å². The van der Waals surface area contributed by atoms with Crippen LogP contribution in [0.2, 0.25) is 5.02 Å². The van der Waals surface area contributed by atoms with E-state index in [2.05, 4.69) is 15.9 Å². The molecule has 0 aliphatic rings. The molecule has 0 aliphatic heterocycles. The number of rotatable bonds is 3. The van der Waals surface area contributed by atoms with Gasteiger partial charge in [0, 0.05) is 15.9 Å². The van der Waals surface area contributed by atoms with Crippen LogP contribution in [0, 0.1) is 11.6 Å². The zero-order valence-corrected chi connectivity index (χ0v) is 11.7. The molecule has 0 saturated carbocycles. The van der Waals surface area contributed by atoms with Crippen molar-refractivity contribution in [2.24, 2.45) is 0 Å². The van der Waals surface area contributed by atoms with Crippen LogP contribution in [-0.2, 0) is 6.42 Å². The highest BCUT2D eigenvalue weighted by molar-refractivity contribution is 9.09. The Morgan fingerprint density at radius 3 is 2.56 bits per heavy atom. The first-order valence-electron chi connectivity index (χ1n) is 5.40.